The van der Waals surface area contributed by atoms with Crippen LogP contribution in [0.15, 0.2) is 54.6 Å². The zero-order chi connectivity index (χ0) is 18.5. The Bertz CT molecular complexity index is 903. The number of nitrogens with zero attached hydrogens (tertiary/aromatic N) is 2. The van der Waals surface area contributed by atoms with Crippen molar-refractivity contribution in [2.45, 2.75) is 20.5 Å². The minimum Gasteiger partial charge on any atom is -0.507 e. The van der Waals surface area contributed by atoms with E-state index in [0.29, 0.717) is 17.1 Å². The molecule has 0 saturated carbocycles. The van der Waals surface area contributed by atoms with E-state index in [1.807, 2.05) is 30.3 Å². The number of para-hydroxylation sites is 1. The molecule has 0 saturated heterocycles. The predicted octanol–water partition coefficient (Wildman–Crippen LogP) is 3.37. The summed E-state index contributed by atoms with van der Waals surface area (Å²) in [6.07, 6.45) is 0. The van der Waals surface area contributed by atoms with Crippen molar-refractivity contribution in [3.05, 3.63) is 71.5 Å². The van der Waals surface area contributed by atoms with Crippen LogP contribution in [0.4, 0.5) is 0 Å². The molecule has 0 radical (unpaired) electrons. The molecule has 0 aliphatic rings. The van der Waals surface area contributed by atoms with Crippen molar-refractivity contribution < 1.29 is 19.5 Å². The fourth-order valence-electron chi connectivity index (χ4n) is 2.61. The van der Waals surface area contributed by atoms with Gasteiger partial charge in [-0.05, 0) is 31.5 Å². The maximum absolute atomic E-state index is 12.4. The highest BCUT2D eigenvalue weighted by Crippen LogP contribution is 2.29. The Labute approximate surface area is 151 Å². The van der Waals surface area contributed by atoms with Crippen molar-refractivity contribution in [2.24, 2.45) is 0 Å². The standard InChI is InChI=1S/C20H20N2O4/c1-3-25-20(24)18-14(2)21-19(16-11-7-8-12-17(16)23)22(18)26-13-15-9-5-4-6-10-15/h4-12,23H,3,13H2,1-2H3. The molecule has 0 bridgehead atoms. The normalized spacial score (nSPS) is 10.5. The van der Waals surface area contributed by atoms with Crippen LogP contribution in [0.5, 0.6) is 5.75 Å². The summed E-state index contributed by atoms with van der Waals surface area (Å²) in [5, 5.41) is 10.2. The van der Waals surface area contributed by atoms with E-state index in [2.05, 4.69) is 4.98 Å². The van der Waals surface area contributed by atoms with Crippen molar-refractivity contribution >= 4 is 5.97 Å². The third kappa shape index (κ3) is 3.54. The number of esters is 1. The predicted molar refractivity (Wildman–Crippen MR) is 96.7 cm³/mol. The number of aryl methyl sites for hydroxylation is 1. The van der Waals surface area contributed by atoms with Crippen LogP contribution in [0.1, 0.15) is 28.7 Å². The molecule has 2 aromatic carbocycles. The first kappa shape index (κ1) is 17.5. The monoisotopic (exact) mass is 352 g/mol. The average Bonchev–Trinajstić information content (AvgIpc) is 2.97. The molecule has 1 heterocycles. The number of aromatic nitrogens is 2. The van der Waals surface area contributed by atoms with Crippen molar-refractivity contribution in [1.29, 1.82) is 0 Å². The Hall–Kier alpha value is -3.28. The maximum Gasteiger partial charge on any atom is 0.360 e. The molecule has 6 heteroatoms. The van der Waals surface area contributed by atoms with E-state index in [1.165, 1.54) is 4.73 Å². The number of carbonyl (C=O) groups excluding carboxylic acids is 1. The minimum atomic E-state index is -0.521. The number of rotatable bonds is 6. The zero-order valence-electron chi connectivity index (χ0n) is 14.7. The van der Waals surface area contributed by atoms with E-state index in [4.69, 9.17) is 9.57 Å². The number of hydrogen-bond donors (Lipinski definition) is 1. The molecule has 0 spiro atoms. The van der Waals surface area contributed by atoms with Crippen LogP contribution in [0.2, 0.25) is 0 Å². The number of hydrogen-bond acceptors (Lipinski definition) is 5. The van der Waals surface area contributed by atoms with Gasteiger partial charge in [0.2, 0.25) is 0 Å². The third-order valence-electron chi connectivity index (χ3n) is 3.83. The Morgan fingerprint density at radius 3 is 2.50 bits per heavy atom. The van der Waals surface area contributed by atoms with Gasteiger partial charge in [-0.15, -0.1) is 0 Å². The summed E-state index contributed by atoms with van der Waals surface area (Å²) in [7, 11) is 0. The van der Waals surface area contributed by atoms with Gasteiger partial charge in [0.15, 0.2) is 11.5 Å². The molecule has 0 aliphatic heterocycles. The fraction of sp³-hybridized carbons (Fsp3) is 0.200. The van der Waals surface area contributed by atoms with E-state index < -0.39 is 5.97 Å². The van der Waals surface area contributed by atoms with Gasteiger partial charge < -0.3 is 14.7 Å². The summed E-state index contributed by atoms with van der Waals surface area (Å²) in [6.45, 7) is 3.93. The van der Waals surface area contributed by atoms with E-state index in [9.17, 15) is 9.90 Å². The van der Waals surface area contributed by atoms with Crippen LogP contribution in [-0.2, 0) is 11.3 Å². The number of phenolic OH excluding ortho intramolecular Hbond substituents is 1. The smallest absolute Gasteiger partial charge is 0.360 e. The van der Waals surface area contributed by atoms with Gasteiger partial charge >= 0.3 is 5.97 Å². The van der Waals surface area contributed by atoms with E-state index in [0.717, 1.165) is 5.56 Å². The molecule has 3 aromatic rings. The molecule has 0 amide bonds. The Morgan fingerprint density at radius 1 is 1.12 bits per heavy atom. The van der Waals surface area contributed by atoms with Gasteiger partial charge in [-0.2, -0.15) is 4.73 Å². The van der Waals surface area contributed by atoms with Gasteiger partial charge in [0.05, 0.1) is 17.9 Å². The first-order valence-corrected chi connectivity index (χ1v) is 8.33. The highest BCUT2D eigenvalue weighted by atomic mass is 16.7. The molecule has 0 fully saturated rings. The van der Waals surface area contributed by atoms with Gasteiger partial charge in [0.25, 0.3) is 0 Å². The van der Waals surface area contributed by atoms with Gasteiger partial charge in [-0.25, -0.2) is 9.78 Å². The molecular weight excluding hydrogens is 332 g/mol. The molecule has 3 rings (SSSR count). The highest BCUT2D eigenvalue weighted by molar-refractivity contribution is 5.90. The largest absolute Gasteiger partial charge is 0.507 e. The van der Waals surface area contributed by atoms with Crippen LogP contribution in [0.25, 0.3) is 11.4 Å². The highest BCUT2D eigenvalue weighted by Gasteiger charge is 2.25. The van der Waals surface area contributed by atoms with Crippen LogP contribution in [-0.4, -0.2) is 27.4 Å². The Morgan fingerprint density at radius 2 is 1.81 bits per heavy atom. The lowest BCUT2D eigenvalue weighted by Crippen LogP contribution is -2.20. The topological polar surface area (TPSA) is 73.6 Å². The van der Waals surface area contributed by atoms with Crippen LogP contribution in [0.3, 0.4) is 0 Å². The van der Waals surface area contributed by atoms with Crippen molar-refractivity contribution in [3.8, 4) is 17.1 Å². The van der Waals surface area contributed by atoms with E-state index in [-0.39, 0.29) is 24.7 Å². The Kier molecular flexibility index (Phi) is 5.22. The van der Waals surface area contributed by atoms with E-state index >= 15 is 0 Å². The van der Waals surface area contributed by atoms with Crippen molar-refractivity contribution in [3.63, 3.8) is 0 Å². The lowest BCUT2D eigenvalue weighted by atomic mass is 10.2. The number of imidazole rings is 1. The zero-order valence-corrected chi connectivity index (χ0v) is 14.7. The second-order valence-electron chi connectivity index (χ2n) is 5.66. The fourth-order valence-corrected chi connectivity index (χ4v) is 2.61. The van der Waals surface area contributed by atoms with E-state index in [1.54, 1.807) is 38.1 Å². The molecule has 134 valence electrons. The molecule has 0 aliphatic carbocycles. The van der Waals surface area contributed by atoms with Crippen molar-refractivity contribution in [1.82, 2.24) is 9.71 Å². The minimum absolute atomic E-state index is 0.0532. The number of phenols is 1. The summed E-state index contributed by atoms with van der Waals surface area (Å²) in [5.74, 6) is -0.121. The molecule has 0 unspecified atom stereocenters. The molecule has 0 atom stereocenters. The molecule has 6 nitrogen and oxygen atoms in total. The van der Waals surface area contributed by atoms with Gasteiger partial charge in [0, 0.05) is 0 Å². The Balaban J connectivity index is 2.05. The second kappa shape index (κ2) is 7.74. The summed E-state index contributed by atoms with van der Waals surface area (Å²) in [5.41, 5.74) is 2.09. The number of aromatic hydroxyl groups is 1. The van der Waals surface area contributed by atoms with Crippen LogP contribution >= 0.6 is 0 Å². The average molecular weight is 352 g/mol. The third-order valence-corrected chi connectivity index (χ3v) is 3.83. The second-order valence-corrected chi connectivity index (χ2v) is 5.66. The molecule has 26 heavy (non-hydrogen) atoms. The number of benzene rings is 2. The maximum atomic E-state index is 12.4. The quantitative estimate of drug-likeness (QED) is 0.689. The first-order valence-electron chi connectivity index (χ1n) is 8.33. The molecular formula is C20H20N2O4. The van der Waals surface area contributed by atoms with Gasteiger partial charge in [-0.1, -0.05) is 42.5 Å². The van der Waals surface area contributed by atoms with Crippen molar-refractivity contribution in [2.75, 3.05) is 6.61 Å². The van der Waals surface area contributed by atoms with Crippen LogP contribution in [0, 0.1) is 6.92 Å². The molecule has 1 N–H and O–H groups in total. The first-order chi connectivity index (χ1) is 12.6. The van der Waals surface area contributed by atoms with Gasteiger partial charge in [-0.3, -0.25) is 0 Å². The lowest BCUT2D eigenvalue weighted by Gasteiger charge is -2.13. The summed E-state index contributed by atoms with van der Waals surface area (Å²) >= 11 is 0. The summed E-state index contributed by atoms with van der Waals surface area (Å²) in [6, 6.07) is 16.4. The van der Waals surface area contributed by atoms with Gasteiger partial charge in [0.1, 0.15) is 12.4 Å². The summed E-state index contributed by atoms with van der Waals surface area (Å²) < 4.78 is 6.48. The lowest BCUT2D eigenvalue weighted by molar-refractivity contribution is 0.0426. The molecule has 1 aromatic heterocycles. The van der Waals surface area contributed by atoms with Crippen LogP contribution < -0.4 is 4.84 Å². The summed E-state index contributed by atoms with van der Waals surface area (Å²) in [4.78, 5) is 22.7. The number of carbonyl (C=O) groups is 1. The SMILES string of the molecule is CCOC(=O)c1c(C)nc(-c2ccccc2O)n1OCc1ccccc1. The number of ether oxygens (including phenoxy) is 1.